The Kier molecular flexibility index (Phi) is 4.49. The van der Waals surface area contributed by atoms with Gasteiger partial charge in [-0.1, -0.05) is 6.42 Å². The van der Waals surface area contributed by atoms with Crippen molar-refractivity contribution in [2.75, 3.05) is 0 Å². The van der Waals surface area contributed by atoms with E-state index in [1.54, 1.807) is 6.92 Å². The van der Waals surface area contributed by atoms with Gasteiger partial charge in [-0.3, -0.25) is 0 Å². The summed E-state index contributed by atoms with van der Waals surface area (Å²) in [5.41, 5.74) is 0.838. The molecule has 4 nitrogen and oxygen atoms in total. The van der Waals surface area contributed by atoms with Crippen molar-refractivity contribution >= 4 is 12.2 Å². The summed E-state index contributed by atoms with van der Waals surface area (Å²) < 4.78 is 0. The average Bonchev–Trinajstić information content (AvgIpc) is 2.19. The van der Waals surface area contributed by atoms with Crippen LogP contribution in [0.25, 0.3) is 0 Å². The number of quaternary nitrogens is 1. The molecule has 1 rings (SSSR count). The molecule has 0 bridgehead atoms. The second kappa shape index (κ2) is 5.66. The predicted octanol–water partition coefficient (Wildman–Crippen LogP) is 0.891. The Morgan fingerprint density at radius 3 is 2.47 bits per heavy atom. The van der Waals surface area contributed by atoms with Gasteiger partial charge >= 0.3 is 5.97 Å². The maximum absolute atomic E-state index is 10.8. The molecule has 4 N–H and O–H groups in total. The fraction of sp³-hybridized carbons (Fsp3) is 0.636. The quantitative estimate of drug-likeness (QED) is 0.477. The largest absolute Gasteiger partial charge is 0.477 e. The maximum atomic E-state index is 10.8. The molecule has 0 radical (unpaired) electrons. The summed E-state index contributed by atoms with van der Waals surface area (Å²) in [4.78, 5) is 10.8. The Morgan fingerprint density at radius 1 is 1.40 bits per heavy atom. The number of carboxylic acids is 1. The van der Waals surface area contributed by atoms with Crippen molar-refractivity contribution < 1.29 is 15.2 Å². The van der Waals surface area contributed by atoms with Crippen molar-refractivity contribution in [1.29, 1.82) is 5.41 Å². The van der Waals surface area contributed by atoms with E-state index in [2.05, 4.69) is 0 Å². The Bertz CT molecular complexity index is 278. The van der Waals surface area contributed by atoms with E-state index in [1.807, 2.05) is 5.32 Å². The number of carbonyl (C=O) groups is 1. The van der Waals surface area contributed by atoms with E-state index in [9.17, 15) is 4.79 Å². The van der Waals surface area contributed by atoms with Crippen LogP contribution in [0.4, 0.5) is 0 Å². The SMILES string of the molecule is C/C([NH2+]C1CCCCC1)=C(/C=N)C(=O)O. The molecule has 1 fully saturated rings. The Balaban J connectivity index is 2.61. The van der Waals surface area contributed by atoms with Crippen LogP contribution in [0.5, 0.6) is 0 Å². The highest BCUT2D eigenvalue weighted by atomic mass is 16.4. The molecule has 1 aliphatic rings. The predicted molar refractivity (Wildman–Crippen MR) is 57.9 cm³/mol. The highest BCUT2D eigenvalue weighted by Crippen LogP contribution is 2.15. The molecule has 84 valence electrons. The molecule has 0 aromatic rings. The third-order valence-corrected chi connectivity index (χ3v) is 2.94. The summed E-state index contributed by atoms with van der Waals surface area (Å²) in [6.07, 6.45) is 7.01. The molecule has 0 heterocycles. The molecule has 1 aliphatic carbocycles. The van der Waals surface area contributed by atoms with Gasteiger partial charge < -0.3 is 15.8 Å². The zero-order valence-corrected chi connectivity index (χ0v) is 9.12. The van der Waals surface area contributed by atoms with Crippen LogP contribution in [-0.2, 0) is 4.79 Å². The molecule has 0 amide bonds. The standard InChI is InChI=1S/C11H18N2O2/c1-8(10(7-12)11(14)15)13-9-5-3-2-4-6-9/h7,9,12-13H,2-6H2,1H3,(H,14,15)/p+1/b10-8+,12-7?. The van der Waals surface area contributed by atoms with Gasteiger partial charge in [0.2, 0.25) is 0 Å². The van der Waals surface area contributed by atoms with E-state index < -0.39 is 5.97 Å². The van der Waals surface area contributed by atoms with Crippen molar-refractivity contribution in [3.63, 3.8) is 0 Å². The Hall–Kier alpha value is -1.16. The highest BCUT2D eigenvalue weighted by molar-refractivity contribution is 6.07. The minimum absolute atomic E-state index is 0.112. The van der Waals surface area contributed by atoms with Gasteiger partial charge in [0.15, 0.2) is 0 Å². The topological polar surface area (TPSA) is 77.8 Å². The molecule has 0 aromatic heterocycles. The van der Waals surface area contributed by atoms with Crippen LogP contribution in [0, 0.1) is 5.41 Å². The zero-order valence-electron chi connectivity index (χ0n) is 9.12. The Morgan fingerprint density at radius 2 is 2.00 bits per heavy atom. The lowest BCUT2D eigenvalue weighted by Crippen LogP contribution is -2.88. The first kappa shape index (κ1) is 11.9. The Labute approximate surface area is 89.9 Å². The summed E-state index contributed by atoms with van der Waals surface area (Å²) in [7, 11) is 0. The fourth-order valence-corrected chi connectivity index (χ4v) is 2.09. The lowest BCUT2D eigenvalue weighted by Gasteiger charge is -2.20. The summed E-state index contributed by atoms with van der Waals surface area (Å²) in [6.45, 7) is 1.78. The second-order valence-electron chi connectivity index (χ2n) is 4.11. The van der Waals surface area contributed by atoms with Crippen molar-refractivity contribution in [3.8, 4) is 0 Å². The van der Waals surface area contributed by atoms with Crippen LogP contribution in [0.2, 0.25) is 0 Å². The van der Waals surface area contributed by atoms with Gasteiger partial charge in [-0.05, 0) is 25.7 Å². The molecule has 0 aromatic carbocycles. The molecule has 0 unspecified atom stereocenters. The van der Waals surface area contributed by atoms with Crippen molar-refractivity contribution in [2.45, 2.75) is 45.1 Å². The first-order chi connectivity index (χ1) is 7.15. The highest BCUT2D eigenvalue weighted by Gasteiger charge is 2.19. The van der Waals surface area contributed by atoms with Crippen LogP contribution in [0.1, 0.15) is 39.0 Å². The molecule has 15 heavy (non-hydrogen) atoms. The zero-order chi connectivity index (χ0) is 11.3. The number of aliphatic carboxylic acids is 1. The summed E-state index contributed by atoms with van der Waals surface area (Å²) in [5.74, 6) is -1.01. The number of hydrogen-bond donors (Lipinski definition) is 3. The molecule has 4 heteroatoms. The van der Waals surface area contributed by atoms with Crippen LogP contribution in [0.3, 0.4) is 0 Å². The van der Waals surface area contributed by atoms with E-state index in [-0.39, 0.29) is 5.57 Å². The van der Waals surface area contributed by atoms with Crippen LogP contribution < -0.4 is 5.32 Å². The number of carboxylic acid groups (broad SMARTS) is 1. The molecule has 0 aliphatic heterocycles. The minimum Gasteiger partial charge on any atom is -0.477 e. The first-order valence-electron chi connectivity index (χ1n) is 5.44. The van der Waals surface area contributed by atoms with Crippen molar-refractivity contribution in [1.82, 2.24) is 0 Å². The first-order valence-corrected chi connectivity index (χ1v) is 5.44. The lowest BCUT2D eigenvalue weighted by atomic mass is 9.95. The molecule has 0 saturated heterocycles. The number of rotatable bonds is 4. The van der Waals surface area contributed by atoms with E-state index in [0.717, 1.165) is 24.8 Å². The number of nitrogens with two attached hydrogens (primary N) is 1. The van der Waals surface area contributed by atoms with Gasteiger partial charge in [0.25, 0.3) is 0 Å². The third-order valence-electron chi connectivity index (χ3n) is 2.94. The van der Waals surface area contributed by atoms with Gasteiger partial charge in [0, 0.05) is 13.1 Å². The lowest BCUT2D eigenvalue weighted by molar-refractivity contribution is -0.646. The van der Waals surface area contributed by atoms with E-state index in [4.69, 9.17) is 10.5 Å². The second-order valence-corrected chi connectivity index (χ2v) is 4.11. The van der Waals surface area contributed by atoms with E-state index >= 15 is 0 Å². The minimum atomic E-state index is -1.01. The van der Waals surface area contributed by atoms with Crippen molar-refractivity contribution in [3.05, 3.63) is 11.3 Å². The van der Waals surface area contributed by atoms with E-state index in [1.165, 1.54) is 19.3 Å². The van der Waals surface area contributed by atoms with Gasteiger partial charge in [-0.25, -0.2) is 4.79 Å². The fourth-order valence-electron chi connectivity index (χ4n) is 2.09. The normalized spacial score (nSPS) is 19.5. The summed E-state index contributed by atoms with van der Waals surface area (Å²) in [5, 5.41) is 17.9. The molecule has 0 atom stereocenters. The van der Waals surface area contributed by atoms with Gasteiger partial charge in [-0.2, -0.15) is 0 Å². The number of allylic oxidation sites excluding steroid dienone is 1. The summed E-state index contributed by atoms with van der Waals surface area (Å²) in [6, 6.07) is 0.507. The van der Waals surface area contributed by atoms with Gasteiger partial charge in [0.1, 0.15) is 11.3 Å². The third kappa shape index (κ3) is 3.47. The molecular weight excluding hydrogens is 192 g/mol. The summed E-state index contributed by atoms with van der Waals surface area (Å²) >= 11 is 0. The molecular formula is C11H19N2O2+. The van der Waals surface area contributed by atoms with Gasteiger partial charge in [-0.15, -0.1) is 0 Å². The number of hydrogen-bond acceptors (Lipinski definition) is 2. The average molecular weight is 211 g/mol. The van der Waals surface area contributed by atoms with Gasteiger partial charge in [0.05, 0.1) is 6.04 Å². The van der Waals surface area contributed by atoms with Crippen LogP contribution in [0.15, 0.2) is 11.3 Å². The van der Waals surface area contributed by atoms with Crippen molar-refractivity contribution in [2.24, 2.45) is 0 Å². The number of nitrogens with one attached hydrogen (secondary N) is 1. The van der Waals surface area contributed by atoms with Crippen LogP contribution in [-0.4, -0.2) is 23.3 Å². The molecule has 0 spiro atoms. The molecule has 1 saturated carbocycles. The van der Waals surface area contributed by atoms with Crippen LogP contribution >= 0.6 is 0 Å². The smallest absolute Gasteiger partial charge is 0.342 e. The monoisotopic (exact) mass is 211 g/mol. The van der Waals surface area contributed by atoms with E-state index in [0.29, 0.717) is 6.04 Å². The maximum Gasteiger partial charge on any atom is 0.342 e.